The van der Waals surface area contributed by atoms with Gasteiger partial charge in [0.15, 0.2) is 0 Å². The van der Waals surface area contributed by atoms with E-state index in [9.17, 15) is 18.4 Å². The Labute approximate surface area is 192 Å². The Morgan fingerprint density at radius 1 is 1.09 bits per heavy atom. The molecule has 0 radical (unpaired) electrons. The summed E-state index contributed by atoms with van der Waals surface area (Å²) in [6.45, 7) is 0. The maximum Gasteiger partial charge on any atom is 0.336 e. The van der Waals surface area contributed by atoms with Gasteiger partial charge in [0.05, 0.1) is 23.7 Å². The monoisotopic (exact) mass is 471 g/mol. The molecule has 2 aromatic carbocycles. The summed E-state index contributed by atoms with van der Waals surface area (Å²) in [5, 5.41) is 1.13. The van der Waals surface area contributed by atoms with Crippen LogP contribution in [0.15, 0.2) is 58.3 Å². The van der Waals surface area contributed by atoms with Crippen molar-refractivity contribution < 1.29 is 13.5 Å². The lowest BCUT2D eigenvalue weighted by Crippen LogP contribution is -2.42. The first-order valence-electron chi connectivity index (χ1n) is 10.6. The number of hydrogen-bond acceptors (Lipinski definition) is 4. The second-order valence-electron chi connectivity index (χ2n) is 8.24. The first-order valence-corrected chi connectivity index (χ1v) is 11.0. The van der Waals surface area contributed by atoms with Crippen LogP contribution in [0.1, 0.15) is 31.7 Å². The van der Waals surface area contributed by atoms with Gasteiger partial charge in [-0.25, -0.2) is 18.1 Å². The fraction of sp³-hybridized carbons (Fsp3) is 0.292. The summed E-state index contributed by atoms with van der Waals surface area (Å²) in [6.07, 6.45) is 0.993. The lowest BCUT2D eigenvalue weighted by molar-refractivity contribution is -0.0440. The minimum Gasteiger partial charge on any atom is -0.494 e. The summed E-state index contributed by atoms with van der Waals surface area (Å²) < 4.78 is 35.8. The molecule has 6 nitrogen and oxygen atoms in total. The molecule has 9 heteroatoms. The molecule has 2 heterocycles. The molecular weight excluding hydrogens is 452 g/mol. The Morgan fingerprint density at radius 2 is 1.82 bits per heavy atom. The van der Waals surface area contributed by atoms with Crippen molar-refractivity contribution in [3.8, 4) is 11.4 Å². The highest BCUT2D eigenvalue weighted by Crippen LogP contribution is 2.39. The van der Waals surface area contributed by atoms with E-state index in [-0.39, 0.29) is 31.1 Å². The van der Waals surface area contributed by atoms with E-state index < -0.39 is 23.2 Å². The van der Waals surface area contributed by atoms with Crippen molar-refractivity contribution >= 4 is 33.4 Å². The fourth-order valence-corrected chi connectivity index (χ4v) is 4.82. The van der Waals surface area contributed by atoms with Crippen molar-refractivity contribution in [1.82, 2.24) is 14.1 Å². The van der Waals surface area contributed by atoms with Gasteiger partial charge < -0.3 is 4.74 Å². The highest BCUT2D eigenvalue weighted by molar-refractivity contribution is 6.30. The van der Waals surface area contributed by atoms with Crippen LogP contribution < -0.4 is 16.0 Å². The summed E-state index contributed by atoms with van der Waals surface area (Å²) in [6, 6.07) is 11.1. The smallest absolute Gasteiger partial charge is 0.336 e. The quantitative estimate of drug-likeness (QED) is 0.389. The number of hydrogen-bond donors (Lipinski definition) is 0. The topological polar surface area (TPSA) is 66.1 Å². The van der Waals surface area contributed by atoms with E-state index in [0.717, 1.165) is 4.57 Å². The Morgan fingerprint density at radius 3 is 2.52 bits per heavy atom. The van der Waals surface area contributed by atoms with Gasteiger partial charge >= 0.3 is 5.69 Å². The van der Waals surface area contributed by atoms with Gasteiger partial charge in [-0.1, -0.05) is 29.8 Å². The van der Waals surface area contributed by atoms with Crippen LogP contribution in [0.2, 0.25) is 5.02 Å². The highest BCUT2D eigenvalue weighted by Gasteiger charge is 2.37. The number of alkyl halides is 2. The molecule has 170 valence electrons. The molecule has 0 spiro atoms. The molecule has 0 atom stereocenters. The molecule has 0 aliphatic heterocycles. The summed E-state index contributed by atoms with van der Waals surface area (Å²) >= 11 is 6.12. The van der Waals surface area contributed by atoms with Crippen LogP contribution >= 0.6 is 11.6 Å². The minimum absolute atomic E-state index is 0.115. The van der Waals surface area contributed by atoms with E-state index in [1.807, 2.05) is 0 Å². The normalized spacial score (nSPS) is 16.4. The SMILES string of the molecule is COc1cccc2c1ncc1c(=O)n(-c3cccc(Cl)c3)c(=O)n(C3CCC(F)(F)CC3)c12. The van der Waals surface area contributed by atoms with E-state index in [1.54, 1.807) is 36.4 Å². The van der Waals surface area contributed by atoms with Crippen LogP contribution in [-0.4, -0.2) is 27.2 Å². The maximum absolute atomic E-state index is 13.9. The minimum atomic E-state index is -2.76. The second kappa shape index (κ2) is 7.95. The molecule has 1 aliphatic rings. The number of para-hydroxylation sites is 1. The van der Waals surface area contributed by atoms with Crippen molar-refractivity contribution in [3.63, 3.8) is 0 Å². The average Bonchev–Trinajstić information content (AvgIpc) is 2.79. The number of halogens is 3. The molecule has 0 bridgehead atoms. The number of benzene rings is 2. The molecule has 5 rings (SSSR count). The summed E-state index contributed by atoms with van der Waals surface area (Å²) in [4.78, 5) is 31.8. The number of fused-ring (bicyclic) bond motifs is 3. The zero-order chi connectivity index (χ0) is 23.3. The Balaban J connectivity index is 1.90. The largest absolute Gasteiger partial charge is 0.494 e. The van der Waals surface area contributed by atoms with Crippen molar-refractivity contribution in [2.45, 2.75) is 37.6 Å². The van der Waals surface area contributed by atoms with Crippen molar-refractivity contribution in [2.24, 2.45) is 0 Å². The van der Waals surface area contributed by atoms with Crippen LogP contribution in [0.25, 0.3) is 27.5 Å². The maximum atomic E-state index is 13.9. The highest BCUT2D eigenvalue weighted by atomic mass is 35.5. The molecule has 0 N–H and O–H groups in total. The molecule has 1 saturated carbocycles. The molecule has 0 amide bonds. The lowest BCUT2D eigenvalue weighted by atomic mass is 9.91. The summed E-state index contributed by atoms with van der Waals surface area (Å²) in [7, 11) is 1.51. The van der Waals surface area contributed by atoms with Crippen molar-refractivity contribution in [2.75, 3.05) is 7.11 Å². The van der Waals surface area contributed by atoms with E-state index in [1.165, 1.54) is 23.9 Å². The summed E-state index contributed by atoms with van der Waals surface area (Å²) in [5.41, 5.74) is 0.0243. The zero-order valence-corrected chi connectivity index (χ0v) is 18.5. The Bertz CT molecular complexity index is 1500. The predicted molar refractivity (Wildman–Crippen MR) is 123 cm³/mol. The van der Waals surface area contributed by atoms with E-state index in [2.05, 4.69) is 4.98 Å². The average molecular weight is 472 g/mol. The van der Waals surface area contributed by atoms with Crippen molar-refractivity contribution in [1.29, 1.82) is 0 Å². The van der Waals surface area contributed by atoms with Crippen molar-refractivity contribution in [3.05, 3.63) is 74.5 Å². The number of rotatable bonds is 3. The molecule has 1 aliphatic carbocycles. The van der Waals surface area contributed by atoms with Gasteiger partial charge in [-0.2, -0.15) is 0 Å². The van der Waals surface area contributed by atoms with Gasteiger partial charge in [-0.15, -0.1) is 0 Å². The molecule has 0 saturated heterocycles. The Hall–Kier alpha value is -3.26. The standard InChI is InChI=1S/C24H20ClF2N3O3/c1-33-19-7-3-6-17-20(19)28-13-18-21(17)29(15-8-10-24(26,27)11-9-15)23(32)30(22(18)31)16-5-2-4-14(25)12-16/h2-7,12-13,15H,8-11H2,1H3. The van der Waals surface area contributed by atoms with Gasteiger partial charge in [0.1, 0.15) is 11.3 Å². The van der Waals surface area contributed by atoms with Gasteiger partial charge in [0, 0.05) is 35.5 Å². The first-order chi connectivity index (χ1) is 15.8. The molecule has 2 aromatic heterocycles. The molecule has 0 unspecified atom stereocenters. The van der Waals surface area contributed by atoms with Crippen LogP contribution in [0.4, 0.5) is 8.78 Å². The molecular formula is C24H20ClF2N3O3. The number of nitrogens with zero attached hydrogens (tertiary/aromatic N) is 3. The van der Waals surface area contributed by atoms with Gasteiger partial charge in [0.25, 0.3) is 5.56 Å². The predicted octanol–water partition coefficient (Wildman–Crippen LogP) is 5.11. The van der Waals surface area contributed by atoms with Gasteiger partial charge in [-0.3, -0.25) is 14.3 Å². The third-order valence-electron chi connectivity index (χ3n) is 6.24. The molecule has 4 aromatic rings. The fourth-order valence-electron chi connectivity index (χ4n) is 4.64. The van der Waals surface area contributed by atoms with E-state index in [4.69, 9.17) is 16.3 Å². The first kappa shape index (κ1) is 21.6. The van der Waals surface area contributed by atoms with E-state index >= 15 is 0 Å². The number of methoxy groups -OCH3 is 1. The number of aromatic nitrogens is 3. The third kappa shape index (κ3) is 3.58. The number of pyridine rings is 1. The second-order valence-corrected chi connectivity index (χ2v) is 8.67. The molecule has 33 heavy (non-hydrogen) atoms. The van der Waals surface area contributed by atoms with Gasteiger partial charge in [0.2, 0.25) is 5.92 Å². The molecule has 1 fully saturated rings. The van der Waals surface area contributed by atoms with Crippen LogP contribution in [0.3, 0.4) is 0 Å². The van der Waals surface area contributed by atoms with Crippen LogP contribution in [0.5, 0.6) is 5.75 Å². The number of ether oxygens (including phenoxy) is 1. The third-order valence-corrected chi connectivity index (χ3v) is 6.48. The van der Waals surface area contributed by atoms with E-state index in [0.29, 0.717) is 32.9 Å². The zero-order valence-electron chi connectivity index (χ0n) is 17.7. The Kier molecular flexibility index (Phi) is 5.20. The summed E-state index contributed by atoms with van der Waals surface area (Å²) in [5.74, 6) is -2.27. The lowest BCUT2D eigenvalue weighted by Gasteiger charge is -2.31. The van der Waals surface area contributed by atoms with Crippen LogP contribution in [-0.2, 0) is 0 Å². The van der Waals surface area contributed by atoms with Gasteiger partial charge in [-0.05, 0) is 37.1 Å². The van der Waals surface area contributed by atoms with Crippen LogP contribution in [0, 0.1) is 0 Å².